The summed E-state index contributed by atoms with van der Waals surface area (Å²) >= 11 is 2.23. The van der Waals surface area contributed by atoms with Crippen molar-refractivity contribution in [1.29, 1.82) is 0 Å². The summed E-state index contributed by atoms with van der Waals surface area (Å²) in [6, 6.07) is 0. The second-order valence-corrected chi connectivity index (χ2v) is 9.55. The van der Waals surface area contributed by atoms with Gasteiger partial charge in [0.25, 0.3) is 0 Å². The highest BCUT2D eigenvalue weighted by atomic mass is 32.2. The normalized spacial score (nSPS) is 22.6. The number of rotatable bonds is 15. The first-order chi connectivity index (χ1) is 12.8. The Balaban J connectivity index is 1.32. The maximum atomic E-state index is 12.0. The van der Waals surface area contributed by atoms with Crippen LogP contribution in [0.2, 0.25) is 0 Å². The van der Waals surface area contributed by atoms with E-state index in [1.807, 2.05) is 4.90 Å². The number of thioether (sulfide) groups is 1. The van der Waals surface area contributed by atoms with Gasteiger partial charge in [-0.3, -0.25) is 4.79 Å². The summed E-state index contributed by atoms with van der Waals surface area (Å²) in [6.07, 6.45) is 18.5. The summed E-state index contributed by atoms with van der Waals surface area (Å²) in [6.45, 7) is 5.29. The van der Waals surface area contributed by atoms with E-state index in [0.717, 1.165) is 36.4 Å². The number of hydrogen-bond acceptors (Lipinski definition) is 3. The summed E-state index contributed by atoms with van der Waals surface area (Å²) in [5, 5.41) is 1.97. The zero-order chi connectivity index (χ0) is 18.5. The van der Waals surface area contributed by atoms with Crippen molar-refractivity contribution in [2.45, 2.75) is 107 Å². The fraction of sp³-hybridized carbons (Fsp3) is 0.955. The molecule has 0 aromatic heterocycles. The molecule has 0 aromatic rings. The van der Waals surface area contributed by atoms with Gasteiger partial charge in [0.05, 0.1) is 13.2 Å². The lowest BCUT2D eigenvalue weighted by Crippen LogP contribution is -2.40. The maximum Gasteiger partial charge on any atom is 0.222 e. The van der Waals surface area contributed by atoms with Crippen LogP contribution in [0.1, 0.15) is 96.8 Å². The smallest absolute Gasteiger partial charge is 0.222 e. The van der Waals surface area contributed by atoms with Gasteiger partial charge in [-0.05, 0) is 19.3 Å². The van der Waals surface area contributed by atoms with Gasteiger partial charge >= 0.3 is 0 Å². The fourth-order valence-corrected chi connectivity index (χ4v) is 5.17. The van der Waals surface area contributed by atoms with Crippen LogP contribution < -0.4 is 0 Å². The van der Waals surface area contributed by atoms with Crippen molar-refractivity contribution in [1.82, 2.24) is 4.90 Å². The van der Waals surface area contributed by atoms with Gasteiger partial charge in [-0.15, -0.1) is 0 Å². The molecule has 2 fully saturated rings. The molecule has 0 aliphatic carbocycles. The van der Waals surface area contributed by atoms with Crippen LogP contribution in [0.25, 0.3) is 0 Å². The predicted molar refractivity (Wildman–Crippen MR) is 113 cm³/mol. The van der Waals surface area contributed by atoms with Crippen molar-refractivity contribution in [3.05, 3.63) is 0 Å². The second kappa shape index (κ2) is 13.9. The lowest BCUT2D eigenvalue weighted by molar-refractivity contribution is -0.135. The molecule has 26 heavy (non-hydrogen) atoms. The van der Waals surface area contributed by atoms with E-state index in [1.54, 1.807) is 0 Å². The van der Waals surface area contributed by atoms with Crippen LogP contribution in [0, 0.1) is 0 Å². The maximum absolute atomic E-state index is 12.0. The van der Waals surface area contributed by atoms with Crippen molar-refractivity contribution in [2.24, 2.45) is 0 Å². The third kappa shape index (κ3) is 9.64. The van der Waals surface area contributed by atoms with E-state index < -0.39 is 0 Å². The highest BCUT2D eigenvalue weighted by Crippen LogP contribution is 2.47. The van der Waals surface area contributed by atoms with E-state index in [2.05, 4.69) is 18.7 Å². The third-order valence-corrected chi connectivity index (χ3v) is 7.29. The number of carbonyl (C=O) groups excluding carboxylic acids is 1. The molecule has 0 aromatic carbocycles. The highest BCUT2D eigenvalue weighted by molar-refractivity contribution is 8.07. The van der Waals surface area contributed by atoms with Crippen LogP contribution in [0.15, 0.2) is 0 Å². The lowest BCUT2D eigenvalue weighted by atomic mass is 10.0. The molecule has 2 aliphatic heterocycles. The Hall–Kier alpha value is -0.220. The number of carbonyl (C=O) groups is 1. The lowest BCUT2D eigenvalue weighted by Gasteiger charge is -2.26. The van der Waals surface area contributed by atoms with E-state index in [9.17, 15) is 4.79 Å². The average molecular weight is 384 g/mol. The van der Waals surface area contributed by atoms with Crippen molar-refractivity contribution in [3.63, 3.8) is 0 Å². The molecular formula is C22H41NO2S. The summed E-state index contributed by atoms with van der Waals surface area (Å²) in [7, 11) is 0. The zero-order valence-electron chi connectivity index (χ0n) is 17.1. The summed E-state index contributed by atoms with van der Waals surface area (Å²) in [4.78, 5) is 14.0. The van der Waals surface area contributed by atoms with E-state index in [-0.39, 0.29) is 0 Å². The molecule has 2 aliphatic rings. The van der Waals surface area contributed by atoms with Crippen LogP contribution in [0.3, 0.4) is 0 Å². The molecule has 0 bridgehead atoms. The molecule has 3 nitrogen and oxygen atoms in total. The van der Waals surface area contributed by atoms with Gasteiger partial charge in [-0.25, -0.2) is 0 Å². The minimum Gasteiger partial charge on any atom is -0.378 e. The Morgan fingerprint density at radius 3 is 2.00 bits per heavy atom. The van der Waals surface area contributed by atoms with Gasteiger partial charge in [-0.1, -0.05) is 71.1 Å². The molecule has 2 atom stereocenters. The van der Waals surface area contributed by atoms with Gasteiger partial charge in [-0.2, -0.15) is 11.8 Å². The summed E-state index contributed by atoms with van der Waals surface area (Å²) < 4.78 is 5.30. The molecule has 0 saturated carbocycles. The molecule has 0 radical (unpaired) electrons. The van der Waals surface area contributed by atoms with Crippen LogP contribution in [0.5, 0.6) is 0 Å². The monoisotopic (exact) mass is 383 g/mol. The number of hydrogen-bond donors (Lipinski definition) is 0. The van der Waals surface area contributed by atoms with Crippen molar-refractivity contribution in [2.75, 3.05) is 26.3 Å². The van der Waals surface area contributed by atoms with Crippen LogP contribution >= 0.6 is 11.8 Å². The van der Waals surface area contributed by atoms with E-state index in [0.29, 0.717) is 19.1 Å². The van der Waals surface area contributed by atoms with E-state index in [4.69, 9.17) is 4.74 Å². The molecule has 0 spiro atoms. The minimum atomic E-state index is 0.334. The largest absolute Gasteiger partial charge is 0.378 e. The van der Waals surface area contributed by atoms with E-state index >= 15 is 0 Å². The molecule has 0 unspecified atom stereocenters. The van der Waals surface area contributed by atoms with Crippen LogP contribution in [-0.2, 0) is 9.53 Å². The predicted octanol–water partition coefficient (Wildman–Crippen LogP) is 5.81. The van der Waals surface area contributed by atoms with Gasteiger partial charge in [0.1, 0.15) is 0 Å². The van der Waals surface area contributed by atoms with Gasteiger partial charge in [0.15, 0.2) is 0 Å². The average Bonchev–Trinajstić information content (AvgIpc) is 3.42. The number of ether oxygens (including phenoxy) is 1. The second-order valence-electron chi connectivity index (χ2n) is 8.07. The third-order valence-electron chi connectivity index (χ3n) is 5.77. The molecule has 1 amide bonds. The molecule has 0 N–H and O–H groups in total. The van der Waals surface area contributed by atoms with Gasteiger partial charge in [0, 0.05) is 30.0 Å². The highest BCUT2D eigenvalue weighted by Gasteiger charge is 2.36. The molecule has 2 saturated heterocycles. The quantitative estimate of drug-likeness (QED) is 0.264. The van der Waals surface area contributed by atoms with Crippen molar-refractivity contribution >= 4 is 17.7 Å². The molecular weight excluding hydrogens is 342 g/mol. The van der Waals surface area contributed by atoms with Crippen LogP contribution in [0.4, 0.5) is 0 Å². The molecule has 2 rings (SSSR count). The Bertz CT molecular complexity index is 371. The number of amides is 1. The Morgan fingerprint density at radius 2 is 1.38 bits per heavy atom. The van der Waals surface area contributed by atoms with Crippen molar-refractivity contribution < 1.29 is 9.53 Å². The number of nitrogens with zero attached hydrogens (tertiary/aromatic N) is 1. The van der Waals surface area contributed by atoms with Gasteiger partial charge < -0.3 is 9.64 Å². The molecule has 2 heterocycles. The SMILES string of the molecule is CCCCCCCC[C@@H]1S[C@H]1CCCCCCCC(=O)N1CCOCC1. The van der Waals surface area contributed by atoms with E-state index in [1.165, 1.54) is 77.0 Å². The number of morpholine rings is 1. The zero-order valence-corrected chi connectivity index (χ0v) is 17.9. The summed E-state index contributed by atoms with van der Waals surface area (Å²) in [5.74, 6) is 0.334. The summed E-state index contributed by atoms with van der Waals surface area (Å²) in [5.41, 5.74) is 0. The first-order valence-corrected chi connectivity index (χ1v) is 12.3. The van der Waals surface area contributed by atoms with Gasteiger partial charge in [0.2, 0.25) is 5.91 Å². The van der Waals surface area contributed by atoms with Crippen LogP contribution in [-0.4, -0.2) is 47.6 Å². The number of unbranched alkanes of at least 4 members (excludes halogenated alkanes) is 9. The topological polar surface area (TPSA) is 29.5 Å². The van der Waals surface area contributed by atoms with Crippen molar-refractivity contribution in [3.8, 4) is 0 Å². The minimum absolute atomic E-state index is 0.334. The Kier molecular flexibility index (Phi) is 11.8. The molecule has 152 valence electrons. The fourth-order valence-electron chi connectivity index (χ4n) is 3.94. The molecule has 4 heteroatoms. The first kappa shape index (κ1) is 22.1. The standard InChI is InChI=1S/C22H41NO2S/c1-2-3-4-5-7-10-13-20-21(26-20)14-11-8-6-9-12-15-22(24)23-16-18-25-19-17-23/h20-21H,2-19H2,1H3/t20-,21-/m0/s1. The Labute approximate surface area is 166 Å². The first-order valence-electron chi connectivity index (χ1n) is 11.3. The Morgan fingerprint density at radius 1 is 0.846 bits per heavy atom.